The van der Waals surface area contributed by atoms with Gasteiger partial charge >= 0.3 is 0 Å². The number of rotatable bonds is 7. The van der Waals surface area contributed by atoms with Gasteiger partial charge in [-0.3, -0.25) is 13.9 Å². The van der Waals surface area contributed by atoms with E-state index in [-0.39, 0.29) is 17.2 Å². The zero-order valence-electron chi connectivity index (χ0n) is 18.1. The average molecular weight is 486 g/mol. The number of nitrogens with one attached hydrogen (secondary N) is 1. The summed E-state index contributed by atoms with van der Waals surface area (Å²) in [4.78, 5) is 26.9. The molecular formula is C23H23N3O5S2. The molecule has 10 heteroatoms. The molecule has 0 unspecified atom stereocenters. The number of benzene rings is 2. The van der Waals surface area contributed by atoms with E-state index < -0.39 is 10.0 Å². The summed E-state index contributed by atoms with van der Waals surface area (Å²) in [6.45, 7) is 0.393. The lowest BCUT2D eigenvalue weighted by Gasteiger charge is -2.23. The minimum Gasteiger partial charge on any atom is -0.467 e. The van der Waals surface area contributed by atoms with Crippen molar-refractivity contribution in [3.05, 3.63) is 83.8 Å². The number of thioether (sulfide) groups is 1. The molecule has 0 radical (unpaired) electrons. The molecule has 172 valence electrons. The fourth-order valence-corrected chi connectivity index (χ4v) is 5.13. The normalized spacial score (nSPS) is 16.1. The summed E-state index contributed by atoms with van der Waals surface area (Å²) in [6, 6.07) is 17.4. The van der Waals surface area contributed by atoms with E-state index in [1.807, 2.05) is 18.2 Å². The van der Waals surface area contributed by atoms with Crippen LogP contribution in [0.4, 0.5) is 11.4 Å². The maximum Gasteiger partial charge on any atom is 0.255 e. The molecule has 0 bridgehead atoms. The third-order valence-electron chi connectivity index (χ3n) is 5.30. The first-order valence-corrected chi connectivity index (χ1v) is 13.0. The number of hydrogen-bond acceptors (Lipinski definition) is 6. The molecule has 1 N–H and O–H groups in total. The highest BCUT2D eigenvalue weighted by Crippen LogP contribution is 2.39. The lowest BCUT2D eigenvalue weighted by atomic mass is 10.1. The van der Waals surface area contributed by atoms with Crippen LogP contribution < -0.4 is 9.62 Å². The number of nitrogens with zero attached hydrogens (tertiary/aromatic N) is 2. The molecule has 1 atom stereocenters. The number of amides is 2. The molecule has 8 nitrogen and oxygen atoms in total. The average Bonchev–Trinajstić information content (AvgIpc) is 3.43. The Morgan fingerprint density at radius 2 is 1.94 bits per heavy atom. The van der Waals surface area contributed by atoms with Crippen LogP contribution in [0.15, 0.2) is 71.3 Å². The van der Waals surface area contributed by atoms with Crippen LogP contribution in [0.3, 0.4) is 0 Å². The zero-order chi connectivity index (χ0) is 23.6. The summed E-state index contributed by atoms with van der Waals surface area (Å²) >= 11 is 1.54. The maximum absolute atomic E-state index is 12.7. The van der Waals surface area contributed by atoms with E-state index in [2.05, 4.69) is 5.32 Å². The van der Waals surface area contributed by atoms with Crippen LogP contribution in [0, 0.1) is 0 Å². The molecule has 1 aliphatic heterocycles. The minimum absolute atomic E-state index is 0.0437. The molecule has 3 aromatic rings. The molecule has 0 saturated carbocycles. The highest BCUT2D eigenvalue weighted by Gasteiger charge is 2.33. The van der Waals surface area contributed by atoms with Crippen LogP contribution in [0.5, 0.6) is 0 Å². The van der Waals surface area contributed by atoms with E-state index in [9.17, 15) is 18.0 Å². The molecule has 1 aliphatic rings. The van der Waals surface area contributed by atoms with Crippen LogP contribution in [-0.2, 0) is 21.4 Å². The number of hydrogen-bond donors (Lipinski definition) is 1. The molecule has 0 spiro atoms. The Kier molecular flexibility index (Phi) is 6.48. The van der Waals surface area contributed by atoms with Gasteiger partial charge in [-0.1, -0.05) is 18.2 Å². The first kappa shape index (κ1) is 22.9. The minimum atomic E-state index is -3.41. The lowest BCUT2D eigenvalue weighted by molar-refractivity contribution is -0.128. The molecule has 33 heavy (non-hydrogen) atoms. The topological polar surface area (TPSA) is 99.9 Å². The third-order valence-corrected chi connectivity index (χ3v) is 7.76. The van der Waals surface area contributed by atoms with Crippen LogP contribution >= 0.6 is 11.8 Å². The van der Waals surface area contributed by atoms with Gasteiger partial charge in [0.2, 0.25) is 15.9 Å². The first-order valence-electron chi connectivity index (χ1n) is 10.1. The fourth-order valence-electron chi connectivity index (χ4n) is 3.44. The van der Waals surface area contributed by atoms with E-state index >= 15 is 0 Å². The van der Waals surface area contributed by atoms with Gasteiger partial charge in [0.15, 0.2) is 0 Å². The van der Waals surface area contributed by atoms with Crippen molar-refractivity contribution in [3.8, 4) is 0 Å². The summed E-state index contributed by atoms with van der Waals surface area (Å²) in [6.07, 6.45) is 2.70. The third kappa shape index (κ3) is 5.23. The number of sulfonamides is 1. The van der Waals surface area contributed by atoms with E-state index in [0.29, 0.717) is 29.2 Å². The van der Waals surface area contributed by atoms with Gasteiger partial charge in [-0.2, -0.15) is 0 Å². The Hall–Kier alpha value is -3.24. The number of furan rings is 1. The van der Waals surface area contributed by atoms with E-state index in [1.54, 1.807) is 53.6 Å². The number of carbonyl (C=O) groups is 2. The second kappa shape index (κ2) is 9.32. The van der Waals surface area contributed by atoms with Gasteiger partial charge in [0.05, 0.1) is 30.5 Å². The Morgan fingerprint density at radius 1 is 1.18 bits per heavy atom. The quantitative estimate of drug-likeness (QED) is 0.548. The Labute approximate surface area is 196 Å². The lowest BCUT2D eigenvalue weighted by Crippen LogP contribution is -2.27. The second-order valence-electron chi connectivity index (χ2n) is 7.62. The molecule has 2 amide bonds. The van der Waals surface area contributed by atoms with Gasteiger partial charge in [-0.15, -0.1) is 11.8 Å². The summed E-state index contributed by atoms with van der Waals surface area (Å²) in [7, 11) is -1.95. The molecule has 0 aliphatic carbocycles. The summed E-state index contributed by atoms with van der Waals surface area (Å²) in [5.74, 6) is 0.840. The van der Waals surface area contributed by atoms with Crippen molar-refractivity contribution in [1.29, 1.82) is 0 Å². The van der Waals surface area contributed by atoms with Crippen molar-refractivity contribution in [1.82, 2.24) is 4.90 Å². The van der Waals surface area contributed by atoms with Crippen LogP contribution in [0.25, 0.3) is 0 Å². The Bertz CT molecular complexity index is 1260. The van der Waals surface area contributed by atoms with Gasteiger partial charge in [-0.25, -0.2) is 8.42 Å². The van der Waals surface area contributed by atoms with Crippen molar-refractivity contribution >= 4 is 45.0 Å². The van der Waals surface area contributed by atoms with Crippen LogP contribution in [-0.4, -0.2) is 44.2 Å². The largest absolute Gasteiger partial charge is 0.467 e. The Morgan fingerprint density at radius 3 is 2.61 bits per heavy atom. The predicted octanol–water partition coefficient (Wildman–Crippen LogP) is 3.70. The molecule has 1 aromatic heterocycles. The van der Waals surface area contributed by atoms with Gasteiger partial charge in [0.25, 0.3) is 5.91 Å². The molecule has 1 fully saturated rings. The standard InChI is InChI=1S/C23H23N3O5S2/c1-25(33(2,29)30)19-6-3-5-18(13-19)24-22(28)16-8-10-17(11-9-16)23-26(21(27)15-32-23)14-20-7-4-12-31-20/h3-13,23H,14-15H2,1-2H3,(H,24,28)/t23-/m0/s1. The van der Waals surface area contributed by atoms with Crippen LogP contribution in [0.2, 0.25) is 0 Å². The highest BCUT2D eigenvalue weighted by molar-refractivity contribution is 8.00. The SMILES string of the molecule is CN(c1cccc(NC(=O)c2ccc([C@@H]3SCC(=O)N3Cc3ccco3)cc2)c1)S(C)(=O)=O. The molecule has 4 rings (SSSR count). The van der Waals surface area contributed by atoms with Crippen molar-refractivity contribution < 1.29 is 22.4 Å². The Balaban J connectivity index is 1.46. The van der Waals surface area contributed by atoms with Crippen molar-refractivity contribution in [2.24, 2.45) is 0 Å². The second-order valence-corrected chi connectivity index (χ2v) is 10.7. The number of carbonyl (C=O) groups excluding carboxylic acids is 2. The highest BCUT2D eigenvalue weighted by atomic mass is 32.2. The van der Waals surface area contributed by atoms with E-state index in [4.69, 9.17) is 4.42 Å². The van der Waals surface area contributed by atoms with Gasteiger partial charge in [0.1, 0.15) is 11.1 Å². The maximum atomic E-state index is 12.7. The molecular weight excluding hydrogens is 462 g/mol. The summed E-state index contributed by atoms with van der Waals surface area (Å²) in [5.41, 5.74) is 2.31. The van der Waals surface area contributed by atoms with Crippen LogP contribution in [0.1, 0.15) is 27.1 Å². The molecule has 1 saturated heterocycles. The van der Waals surface area contributed by atoms with Crippen molar-refractivity contribution in [3.63, 3.8) is 0 Å². The van der Waals surface area contributed by atoms with E-state index in [1.165, 1.54) is 18.8 Å². The zero-order valence-corrected chi connectivity index (χ0v) is 19.7. The fraction of sp³-hybridized carbons (Fsp3) is 0.217. The predicted molar refractivity (Wildman–Crippen MR) is 129 cm³/mol. The summed E-state index contributed by atoms with van der Waals surface area (Å²) in [5, 5.41) is 2.65. The van der Waals surface area contributed by atoms with Crippen molar-refractivity contribution in [2.45, 2.75) is 11.9 Å². The van der Waals surface area contributed by atoms with Gasteiger partial charge in [0, 0.05) is 18.3 Å². The molecule has 2 aromatic carbocycles. The number of anilines is 2. The smallest absolute Gasteiger partial charge is 0.255 e. The molecule has 2 heterocycles. The first-order chi connectivity index (χ1) is 15.7. The van der Waals surface area contributed by atoms with Crippen molar-refractivity contribution in [2.75, 3.05) is 28.7 Å². The van der Waals surface area contributed by atoms with Gasteiger partial charge in [-0.05, 0) is 48.0 Å². The van der Waals surface area contributed by atoms with Gasteiger partial charge < -0.3 is 14.6 Å². The summed E-state index contributed by atoms with van der Waals surface area (Å²) < 4.78 is 30.1. The monoisotopic (exact) mass is 485 g/mol. The van der Waals surface area contributed by atoms with E-state index in [0.717, 1.165) is 21.9 Å².